The number of ether oxygens (including phenoxy) is 1. The fourth-order valence-corrected chi connectivity index (χ4v) is 3.73. The second-order valence-electron chi connectivity index (χ2n) is 7.94. The van der Waals surface area contributed by atoms with Crippen LogP contribution in [0.2, 0.25) is 0 Å². The number of nitrogens with zero attached hydrogens (tertiary/aromatic N) is 3. The fourth-order valence-electron chi connectivity index (χ4n) is 3.73. The first-order valence-electron chi connectivity index (χ1n) is 11.0. The molecule has 3 aromatic rings. The predicted molar refractivity (Wildman–Crippen MR) is 123 cm³/mol. The highest BCUT2D eigenvalue weighted by molar-refractivity contribution is 5.94. The maximum Gasteiger partial charge on any atom is 0.265 e. The highest BCUT2D eigenvalue weighted by atomic mass is 19.1. The number of halogens is 1. The van der Waals surface area contributed by atoms with Gasteiger partial charge in [-0.25, -0.2) is 4.39 Å². The van der Waals surface area contributed by atoms with Crippen LogP contribution in [0, 0.1) is 5.82 Å². The zero-order chi connectivity index (χ0) is 22.3. The number of hydrogen-bond donors (Lipinski definition) is 1. The number of amides is 1. The van der Waals surface area contributed by atoms with Gasteiger partial charge in [0.2, 0.25) is 0 Å². The second kappa shape index (κ2) is 10.2. The Labute approximate surface area is 187 Å². The van der Waals surface area contributed by atoms with Crippen LogP contribution < -0.4 is 15.0 Å². The monoisotopic (exact) mass is 434 g/mol. The van der Waals surface area contributed by atoms with Gasteiger partial charge in [-0.1, -0.05) is 37.1 Å². The van der Waals surface area contributed by atoms with Crippen molar-refractivity contribution in [3.63, 3.8) is 0 Å². The number of carbonyl (C=O) groups excluding carboxylic acids is 1. The zero-order valence-electron chi connectivity index (χ0n) is 18.1. The summed E-state index contributed by atoms with van der Waals surface area (Å²) in [6.07, 6.45) is 4.05. The molecule has 0 saturated carbocycles. The summed E-state index contributed by atoms with van der Waals surface area (Å²) >= 11 is 0. The molecule has 4 rings (SSSR count). The van der Waals surface area contributed by atoms with Gasteiger partial charge in [0.05, 0.1) is 5.69 Å². The Morgan fingerprint density at radius 2 is 1.78 bits per heavy atom. The van der Waals surface area contributed by atoms with Crippen LogP contribution in [0.1, 0.15) is 32.6 Å². The topological polar surface area (TPSA) is 67.3 Å². The second-order valence-corrected chi connectivity index (χ2v) is 7.94. The normalized spacial score (nSPS) is 15.0. The third-order valence-corrected chi connectivity index (χ3v) is 5.52. The van der Waals surface area contributed by atoms with E-state index in [0.29, 0.717) is 5.69 Å². The van der Waals surface area contributed by atoms with E-state index in [9.17, 15) is 9.18 Å². The van der Waals surface area contributed by atoms with Crippen molar-refractivity contribution in [2.24, 2.45) is 0 Å². The predicted octanol–water partition coefficient (Wildman–Crippen LogP) is 5.07. The summed E-state index contributed by atoms with van der Waals surface area (Å²) < 4.78 is 19.2. The number of carbonyl (C=O) groups is 1. The molecule has 2 heterocycles. The molecule has 166 valence electrons. The summed E-state index contributed by atoms with van der Waals surface area (Å²) in [5.74, 6) is 0.0762. The first-order valence-corrected chi connectivity index (χ1v) is 11.0. The molecule has 1 N–H and O–H groups in total. The van der Waals surface area contributed by atoms with Gasteiger partial charge in [-0.2, -0.15) is 0 Å². The van der Waals surface area contributed by atoms with Crippen LogP contribution in [0.15, 0.2) is 60.7 Å². The molecule has 0 bridgehead atoms. The summed E-state index contributed by atoms with van der Waals surface area (Å²) in [5.41, 5.74) is 2.19. The summed E-state index contributed by atoms with van der Waals surface area (Å²) in [4.78, 5) is 14.8. The summed E-state index contributed by atoms with van der Waals surface area (Å²) in [7, 11) is 0. The van der Waals surface area contributed by atoms with Crippen LogP contribution in [-0.2, 0) is 4.79 Å². The lowest BCUT2D eigenvalue weighted by Crippen LogP contribution is -2.30. The van der Waals surface area contributed by atoms with Crippen molar-refractivity contribution in [3.8, 4) is 17.0 Å². The zero-order valence-corrected chi connectivity index (χ0v) is 18.1. The van der Waals surface area contributed by atoms with E-state index in [0.717, 1.165) is 30.2 Å². The Morgan fingerprint density at radius 1 is 1.00 bits per heavy atom. The highest BCUT2D eigenvalue weighted by Gasteiger charge is 2.17. The maximum atomic E-state index is 13.8. The van der Waals surface area contributed by atoms with E-state index in [1.165, 1.54) is 37.8 Å². The first-order chi connectivity index (χ1) is 15.6. The molecule has 1 atom stereocenters. The van der Waals surface area contributed by atoms with Crippen LogP contribution in [0.4, 0.5) is 15.9 Å². The van der Waals surface area contributed by atoms with Gasteiger partial charge in [0.25, 0.3) is 5.91 Å². The molecule has 1 aromatic heterocycles. The van der Waals surface area contributed by atoms with Crippen molar-refractivity contribution in [2.45, 2.75) is 38.7 Å². The lowest BCUT2D eigenvalue weighted by molar-refractivity contribution is -0.122. The van der Waals surface area contributed by atoms with E-state index in [2.05, 4.69) is 20.4 Å². The van der Waals surface area contributed by atoms with Gasteiger partial charge in [0.15, 0.2) is 23.5 Å². The number of aromatic nitrogens is 2. The van der Waals surface area contributed by atoms with Gasteiger partial charge < -0.3 is 15.0 Å². The molecule has 2 aromatic carbocycles. The largest absolute Gasteiger partial charge is 0.478 e. The number of hydrogen-bond acceptors (Lipinski definition) is 5. The van der Waals surface area contributed by atoms with Crippen LogP contribution >= 0.6 is 0 Å². The molecule has 0 radical (unpaired) electrons. The molecule has 1 aliphatic rings. The van der Waals surface area contributed by atoms with Gasteiger partial charge in [0, 0.05) is 24.3 Å². The standard InChI is InChI=1S/C25H27FN4O2/c1-18(32-23-12-5-4-11-21(23)26)25(31)27-20-10-8-9-19(17-20)22-13-14-24(29-28-22)30-15-6-2-3-7-16-30/h4-5,8-14,17-18H,2-3,6-7,15-16H2,1H3,(H,27,31). The van der Waals surface area contributed by atoms with E-state index in [4.69, 9.17) is 4.74 Å². The Balaban J connectivity index is 1.41. The molecule has 1 fully saturated rings. The highest BCUT2D eigenvalue weighted by Crippen LogP contribution is 2.24. The molecule has 6 nitrogen and oxygen atoms in total. The van der Waals surface area contributed by atoms with Crippen LogP contribution in [0.25, 0.3) is 11.3 Å². The minimum absolute atomic E-state index is 0.0451. The molecule has 7 heteroatoms. The fraction of sp³-hybridized carbons (Fsp3) is 0.320. The van der Waals surface area contributed by atoms with Crippen molar-refractivity contribution in [1.29, 1.82) is 0 Å². The van der Waals surface area contributed by atoms with Crippen LogP contribution in [0.5, 0.6) is 5.75 Å². The SMILES string of the molecule is CC(Oc1ccccc1F)C(=O)Nc1cccc(-c2ccc(N3CCCCCC3)nn2)c1. The molecule has 1 aliphatic heterocycles. The van der Waals surface area contributed by atoms with Crippen molar-refractivity contribution in [1.82, 2.24) is 10.2 Å². The van der Waals surface area contributed by atoms with Crippen molar-refractivity contribution < 1.29 is 13.9 Å². The van der Waals surface area contributed by atoms with Gasteiger partial charge in [0.1, 0.15) is 0 Å². The van der Waals surface area contributed by atoms with E-state index in [1.54, 1.807) is 25.1 Å². The molecular formula is C25H27FN4O2. The Morgan fingerprint density at radius 3 is 2.50 bits per heavy atom. The van der Waals surface area contributed by atoms with Gasteiger partial charge in [-0.3, -0.25) is 4.79 Å². The minimum Gasteiger partial charge on any atom is -0.478 e. The van der Waals surface area contributed by atoms with Gasteiger partial charge >= 0.3 is 0 Å². The number of benzene rings is 2. The van der Waals surface area contributed by atoms with Crippen LogP contribution in [-0.4, -0.2) is 35.3 Å². The molecule has 1 unspecified atom stereocenters. The third kappa shape index (κ3) is 5.41. The molecule has 1 saturated heterocycles. The van der Waals surface area contributed by atoms with E-state index < -0.39 is 11.9 Å². The number of rotatable bonds is 6. The maximum absolute atomic E-state index is 13.8. The Bertz CT molecular complexity index is 1050. The van der Waals surface area contributed by atoms with Gasteiger partial charge in [-0.05, 0) is 56.2 Å². The van der Waals surface area contributed by atoms with E-state index in [1.807, 2.05) is 30.3 Å². The molecule has 0 spiro atoms. The van der Waals surface area contributed by atoms with Crippen LogP contribution in [0.3, 0.4) is 0 Å². The van der Waals surface area contributed by atoms with E-state index in [-0.39, 0.29) is 11.7 Å². The average molecular weight is 435 g/mol. The lowest BCUT2D eigenvalue weighted by atomic mass is 10.1. The molecular weight excluding hydrogens is 407 g/mol. The Kier molecular flexibility index (Phi) is 6.94. The average Bonchev–Trinajstić information content (AvgIpc) is 3.10. The summed E-state index contributed by atoms with van der Waals surface area (Å²) in [5, 5.41) is 11.7. The van der Waals surface area contributed by atoms with E-state index >= 15 is 0 Å². The summed E-state index contributed by atoms with van der Waals surface area (Å²) in [6.45, 7) is 3.62. The quantitative estimate of drug-likeness (QED) is 0.587. The minimum atomic E-state index is -0.858. The smallest absolute Gasteiger partial charge is 0.265 e. The van der Waals surface area contributed by atoms with Crippen molar-refractivity contribution in [3.05, 3.63) is 66.5 Å². The first kappa shape index (κ1) is 21.7. The van der Waals surface area contributed by atoms with Crippen molar-refractivity contribution in [2.75, 3.05) is 23.3 Å². The lowest BCUT2D eigenvalue weighted by Gasteiger charge is -2.20. The van der Waals surface area contributed by atoms with Gasteiger partial charge in [-0.15, -0.1) is 10.2 Å². The third-order valence-electron chi connectivity index (χ3n) is 5.52. The molecule has 1 amide bonds. The molecule has 32 heavy (non-hydrogen) atoms. The molecule has 0 aliphatic carbocycles. The number of para-hydroxylation sites is 1. The number of anilines is 2. The number of nitrogens with one attached hydrogen (secondary N) is 1. The Hall–Kier alpha value is -3.48. The van der Waals surface area contributed by atoms with Crippen molar-refractivity contribution >= 4 is 17.4 Å². The summed E-state index contributed by atoms with van der Waals surface area (Å²) in [6, 6.07) is 17.4.